The van der Waals surface area contributed by atoms with E-state index in [9.17, 15) is 15.0 Å². The molecular weight excluding hydrogens is 248 g/mol. The number of carbonyl (C=O) groups is 1. The zero-order valence-corrected chi connectivity index (χ0v) is 10.8. The van der Waals surface area contributed by atoms with Gasteiger partial charge in [0, 0.05) is 0 Å². The summed E-state index contributed by atoms with van der Waals surface area (Å²) < 4.78 is 10.4. The Bertz CT molecular complexity index is 457. The van der Waals surface area contributed by atoms with Crippen LogP contribution in [0.2, 0.25) is 0 Å². The number of rotatable bonds is 6. The van der Waals surface area contributed by atoms with Crippen LogP contribution in [-0.2, 0) is 4.79 Å². The minimum atomic E-state index is -1.03. The minimum absolute atomic E-state index is 0.160. The zero-order chi connectivity index (χ0) is 13.8. The number of aliphatic hydroxyl groups is 1. The Morgan fingerprint density at radius 2 is 2.11 bits per heavy atom. The molecule has 5 heteroatoms. The summed E-state index contributed by atoms with van der Waals surface area (Å²) in [5.41, 5.74) is 0.549. The van der Waals surface area contributed by atoms with Crippen molar-refractivity contribution in [2.24, 2.45) is 5.92 Å². The molecule has 0 saturated carbocycles. The Morgan fingerprint density at radius 1 is 1.37 bits per heavy atom. The molecule has 1 aliphatic heterocycles. The van der Waals surface area contributed by atoms with E-state index in [1.807, 2.05) is 6.92 Å². The third-order valence-corrected chi connectivity index (χ3v) is 3.31. The van der Waals surface area contributed by atoms with Crippen LogP contribution in [0.15, 0.2) is 18.2 Å². The van der Waals surface area contributed by atoms with Crippen molar-refractivity contribution in [3.05, 3.63) is 23.8 Å². The van der Waals surface area contributed by atoms with E-state index in [-0.39, 0.29) is 6.79 Å². The first-order valence-corrected chi connectivity index (χ1v) is 6.44. The lowest BCUT2D eigenvalue weighted by atomic mass is 9.91. The third kappa shape index (κ3) is 2.98. The number of aliphatic carboxylic acids is 1. The first kappa shape index (κ1) is 13.7. The number of hydrogen-bond donors (Lipinski definition) is 2. The van der Waals surface area contributed by atoms with E-state index < -0.39 is 18.0 Å². The normalized spacial score (nSPS) is 16.1. The van der Waals surface area contributed by atoms with Gasteiger partial charge in [-0.3, -0.25) is 4.79 Å². The molecule has 0 radical (unpaired) electrons. The summed E-state index contributed by atoms with van der Waals surface area (Å²) in [5.74, 6) is -0.591. The Kier molecular flexibility index (Phi) is 4.27. The van der Waals surface area contributed by atoms with Gasteiger partial charge in [-0.2, -0.15) is 0 Å². The number of unbranched alkanes of at least 4 members (excludes halogenated alkanes) is 1. The first-order valence-electron chi connectivity index (χ1n) is 6.44. The molecule has 2 N–H and O–H groups in total. The van der Waals surface area contributed by atoms with Crippen LogP contribution in [-0.4, -0.2) is 23.0 Å². The molecule has 2 atom stereocenters. The standard InChI is InChI=1S/C14H18O5/c1-2-3-4-10(14(16)17)13(15)9-5-6-11-12(7-9)19-8-18-11/h5-7,10,13,15H,2-4,8H2,1H3,(H,16,17). The van der Waals surface area contributed by atoms with Crippen LogP contribution in [0.1, 0.15) is 37.9 Å². The predicted molar refractivity (Wildman–Crippen MR) is 68.2 cm³/mol. The summed E-state index contributed by atoms with van der Waals surface area (Å²) in [7, 11) is 0. The zero-order valence-electron chi connectivity index (χ0n) is 10.8. The second-order valence-corrected chi connectivity index (χ2v) is 4.64. The van der Waals surface area contributed by atoms with Crippen molar-refractivity contribution in [1.29, 1.82) is 0 Å². The molecule has 1 aromatic carbocycles. The second-order valence-electron chi connectivity index (χ2n) is 4.64. The monoisotopic (exact) mass is 266 g/mol. The summed E-state index contributed by atoms with van der Waals surface area (Å²) in [6.07, 6.45) is 1.11. The van der Waals surface area contributed by atoms with E-state index in [1.54, 1.807) is 18.2 Å². The van der Waals surface area contributed by atoms with Crippen molar-refractivity contribution < 1.29 is 24.5 Å². The van der Waals surface area contributed by atoms with Crippen LogP contribution in [0.4, 0.5) is 0 Å². The van der Waals surface area contributed by atoms with Crippen molar-refractivity contribution in [1.82, 2.24) is 0 Å². The molecule has 0 amide bonds. The van der Waals surface area contributed by atoms with Gasteiger partial charge in [-0.15, -0.1) is 0 Å². The molecule has 0 saturated heterocycles. The summed E-state index contributed by atoms with van der Waals surface area (Å²) >= 11 is 0. The van der Waals surface area contributed by atoms with Gasteiger partial charge in [-0.1, -0.05) is 25.8 Å². The summed E-state index contributed by atoms with van der Waals surface area (Å²) in [4.78, 5) is 11.2. The average molecular weight is 266 g/mol. The van der Waals surface area contributed by atoms with Crippen molar-refractivity contribution in [3.8, 4) is 11.5 Å². The molecule has 1 heterocycles. The number of ether oxygens (including phenoxy) is 2. The molecule has 0 aromatic heterocycles. The smallest absolute Gasteiger partial charge is 0.309 e. The summed E-state index contributed by atoms with van der Waals surface area (Å²) in [5, 5.41) is 19.4. The van der Waals surface area contributed by atoms with Crippen molar-refractivity contribution in [2.75, 3.05) is 6.79 Å². The van der Waals surface area contributed by atoms with Gasteiger partial charge in [-0.05, 0) is 24.1 Å². The van der Waals surface area contributed by atoms with Crippen LogP contribution >= 0.6 is 0 Å². The Balaban J connectivity index is 2.16. The predicted octanol–water partition coefficient (Wildman–Crippen LogP) is 2.34. The Morgan fingerprint density at radius 3 is 2.79 bits per heavy atom. The molecule has 1 aliphatic rings. The van der Waals surface area contributed by atoms with Gasteiger partial charge >= 0.3 is 5.97 Å². The molecular formula is C14H18O5. The fourth-order valence-electron chi connectivity index (χ4n) is 2.17. The molecule has 2 unspecified atom stereocenters. The lowest BCUT2D eigenvalue weighted by Gasteiger charge is -2.19. The maximum atomic E-state index is 11.2. The van der Waals surface area contributed by atoms with Crippen molar-refractivity contribution in [3.63, 3.8) is 0 Å². The lowest BCUT2D eigenvalue weighted by molar-refractivity contribution is -0.146. The molecule has 2 rings (SSSR count). The minimum Gasteiger partial charge on any atom is -0.481 e. The maximum Gasteiger partial charge on any atom is 0.309 e. The Labute approximate surface area is 111 Å². The van der Waals surface area contributed by atoms with Gasteiger partial charge < -0.3 is 19.7 Å². The van der Waals surface area contributed by atoms with E-state index in [4.69, 9.17) is 9.47 Å². The maximum absolute atomic E-state index is 11.2. The Hall–Kier alpha value is -1.75. The SMILES string of the molecule is CCCCC(C(=O)O)C(O)c1ccc2c(c1)OCO2. The van der Waals surface area contributed by atoms with Gasteiger partial charge in [-0.25, -0.2) is 0 Å². The van der Waals surface area contributed by atoms with Crippen LogP contribution in [0.5, 0.6) is 11.5 Å². The first-order chi connectivity index (χ1) is 9.13. The van der Waals surface area contributed by atoms with Crippen LogP contribution in [0.25, 0.3) is 0 Å². The average Bonchev–Trinajstić information content (AvgIpc) is 2.85. The van der Waals surface area contributed by atoms with Crippen LogP contribution in [0.3, 0.4) is 0 Å². The molecule has 0 aliphatic carbocycles. The molecule has 1 aromatic rings. The molecule has 0 fully saturated rings. The number of fused-ring (bicyclic) bond motifs is 1. The molecule has 0 spiro atoms. The number of carboxylic acid groups (broad SMARTS) is 1. The van der Waals surface area contributed by atoms with Gasteiger partial charge in [0.2, 0.25) is 6.79 Å². The number of benzene rings is 1. The molecule has 0 bridgehead atoms. The van der Waals surface area contributed by atoms with Gasteiger partial charge in [0.05, 0.1) is 12.0 Å². The highest BCUT2D eigenvalue weighted by Crippen LogP contribution is 2.36. The fourth-order valence-corrected chi connectivity index (χ4v) is 2.17. The quantitative estimate of drug-likeness (QED) is 0.826. The molecule has 104 valence electrons. The van der Waals surface area contributed by atoms with E-state index >= 15 is 0 Å². The highest BCUT2D eigenvalue weighted by Gasteiger charge is 2.28. The van der Waals surface area contributed by atoms with E-state index in [0.717, 1.165) is 12.8 Å². The number of hydrogen-bond acceptors (Lipinski definition) is 4. The second kappa shape index (κ2) is 5.93. The highest BCUT2D eigenvalue weighted by atomic mass is 16.7. The van der Waals surface area contributed by atoms with Gasteiger partial charge in [0.1, 0.15) is 0 Å². The van der Waals surface area contributed by atoms with Crippen LogP contribution < -0.4 is 9.47 Å². The van der Waals surface area contributed by atoms with Gasteiger partial charge in [0.25, 0.3) is 0 Å². The van der Waals surface area contributed by atoms with E-state index in [0.29, 0.717) is 23.5 Å². The van der Waals surface area contributed by atoms with Crippen molar-refractivity contribution in [2.45, 2.75) is 32.3 Å². The molecule has 5 nitrogen and oxygen atoms in total. The lowest BCUT2D eigenvalue weighted by Crippen LogP contribution is -2.22. The summed E-state index contributed by atoms with van der Waals surface area (Å²) in [6.45, 7) is 2.15. The number of carboxylic acids is 1. The fraction of sp³-hybridized carbons (Fsp3) is 0.500. The van der Waals surface area contributed by atoms with Crippen molar-refractivity contribution >= 4 is 5.97 Å². The largest absolute Gasteiger partial charge is 0.481 e. The van der Waals surface area contributed by atoms with Crippen LogP contribution in [0, 0.1) is 5.92 Å². The third-order valence-electron chi connectivity index (χ3n) is 3.31. The van der Waals surface area contributed by atoms with E-state index in [1.165, 1.54) is 0 Å². The molecule has 19 heavy (non-hydrogen) atoms. The topological polar surface area (TPSA) is 76.0 Å². The van der Waals surface area contributed by atoms with Gasteiger partial charge in [0.15, 0.2) is 11.5 Å². The summed E-state index contributed by atoms with van der Waals surface area (Å²) in [6, 6.07) is 5.02. The number of aliphatic hydroxyl groups excluding tert-OH is 1. The van der Waals surface area contributed by atoms with E-state index in [2.05, 4.69) is 0 Å². The highest BCUT2D eigenvalue weighted by molar-refractivity contribution is 5.71.